The van der Waals surface area contributed by atoms with E-state index in [0.29, 0.717) is 5.91 Å². The number of aliphatic hydroxyl groups is 1. The van der Waals surface area contributed by atoms with Crippen LogP contribution < -0.4 is 0 Å². The Morgan fingerprint density at radius 1 is 1.27 bits per heavy atom. The monoisotopic (exact) mass is 212 g/mol. The fourth-order valence-electron chi connectivity index (χ4n) is 2.44. The number of β-amino-alcohol motifs (C(OH)–C–C–N with tert-alkyl or cyclic N) is 1. The van der Waals surface area contributed by atoms with Crippen LogP contribution in [0.2, 0.25) is 0 Å². The molecule has 4 heteroatoms. The summed E-state index contributed by atoms with van der Waals surface area (Å²) in [6.45, 7) is 4.53. The van der Waals surface area contributed by atoms with Crippen molar-refractivity contribution in [1.82, 2.24) is 9.80 Å². The van der Waals surface area contributed by atoms with Crippen molar-refractivity contribution in [2.75, 3.05) is 32.7 Å². The second-order valence-corrected chi connectivity index (χ2v) is 4.58. The lowest BCUT2D eigenvalue weighted by Gasteiger charge is -2.31. The molecule has 15 heavy (non-hydrogen) atoms. The molecular formula is C11H20N2O2. The minimum Gasteiger partial charge on any atom is -0.392 e. The average molecular weight is 212 g/mol. The van der Waals surface area contributed by atoms with Crippen molar-refractivity contribution in [1.29, 1.82) is 0 Å². The molecule has 0 aromatic carbocycles. The summed E-state index contributed by atoms with van der Waals surface area (Å²) in [7, 11) is 0. The summed E-state index contributed by atoms with van der Waals surface area (Å²) in [5.74, 6) is 0.299. The van der Waals surface area contributed by atoms with Crippen molar-refractivity contribution in [2.24, 2.45) is 0 Å². The van der Waals surface area contributed by atoms with Gasteiger partial charge in [-0.05, 0) is 25.8 Å². The largest absolute Gasteiger partial charge is 0.392 e. The van der Waals surface area contributed by atoms with Crippen molar-refractivity contribution < 1.29 is 9.90 Å². The Hall–Kier alpha value is -0.610. The number of amides is 1. The Morgan fingerprint density at radius 3 is 2.80 bits per heavy atom. The minimum absolute atomic E-state index is 0.159. The fraction of sp³-hybridized carbons (Fsp3) is 0.909. The first-order chi connectivity index (χ1) is 7.25. The molecule has 0 spiro atoms. The molecular weight excluding hydrogens is 192 g/mol. The lowest BCUT2D eigenvalue weighted by molar-refractivity contribution is -0.127. The third kappa shape index (κ3) is 2.92. The summed E-state index contributed by atoms with van der Waals surface area (Å²) in [5, 5.41) is 9.50. The van der Waals surface area contributed by atoms with Crippen LogP contribution in [-0.4, -0.2) is 59.6 Å². The van der Waals surface area contributed by atoms with Gasteiger partial charge in [-0.15, -0.1) is 0 Å². The normalized spacial score (nSPS) is 28.7. The van der Waals surface area contributed by atoms with Crippen molar-refractivity contribution >= 4 is 5.91 Å². The predicted octanol–water partition coefficient (Wildman–Crippen LogP) is 0.0655. The number of piperidine rings is 1. The maximum absolute atomic E-state index is 11.4. The molecule has 2 saturated heterocycles. The van der Waals surface area contributed by atoms with E-state index < -0.39 is 0 Å². The quantitative estimate of drug-likeness (QED) is 0.720. The number of hydrogen-bond donors (Lipinski definition) is 1. The molecule has 0 aliphatic carbocycles. The van der Waals surface area contributed by atoms with E-state index in [2.05, 4.69) is 4.90 Å². The van der Waals surface area contributed by atoms with Crippen LogP contribution in [0.3, 0.4) is 0 Å². The number of carbonyl (C=O) groups excluding carboxylic acids is 1. The van der Waals surface area contributed by atoms with E-state index in [0.717, 1.165) is 58.4 Å². The maximum Gasteiger partial charge on any atom is 0.222 e. The van der Waals surface area contributed by atoms with Crippen LogP contribution >= 0.6 is 0 Å². The molecule has 4 nitrogen and oxygen atoms in total. The molecule has 86 valence electrons. The van der Waals surface area contributed by atoms with Crippen LogP contribution in [-0.2, 0) is 4.79 Å². The van der Waals surface area contributed by atoms with Crippen molar-refractivity contribution in [2.45, 2.75) is 31.8 Å². The van der Waals surface area contributed by atoms with Gasteiger partial charge < -0.3 is 10.0 Å². The highest BCUT2D eigenvalue weighted by Crippen LogP contribution is 2.12. The Kier molecular flexibility index (Phi) is 3.59. The van der Waals surface area contributed by atoms with Gasteiger partial charge in [0.1, 0.15) is 0 Å². The van der Waals surface area contributed by atoms with Gasteiger partial charge in [-0.1, -0.05) is 0 Å². The van der Waals surface area contributed by atoms with E-state index in [9.17, 15) is 9.90 Å². The van der Waals surface area contributed by atoms with Crippen molar-refractivity contribution in [3.8, 4) is 0 Å². The number of carbonyl (C=O) groups is 1. The molecule has 2 heterocycles. The third-order valence-corrected chi connectivity index (χ3v) is 3.34. The number of aliphatic hydroxyl groups excluding tert-OH is 1. The van der Waals surface area contributed by atoms with Crippen LogP contribution in [0.25, 0.3) is 0 Å². The molecule has 1 amide bonds. The maximum atomic E-state index is 11.4. The van der Waals surface area contributed by atoms with Crippen LogP contribution in [0, 0.1) is 0 Å². The highest BCUT2D eigenvalue weighted by atomic mass is 16.3. The lowest BCUT2D eigenvalue weighted by Crippen LogP contribution is -2.42. The molecule has 0 aromatic heterocycles. The molecule has 1 atom stereocenters. The van der Waals surface area contributed by atoms with E-state index in [4.69, 9.17) is 0 Å². The topological polar surface area (TPSA) is 43.8 Å². The molecule has 2 aliphatic heterocycles. The first kappa shape index (κ1) is 10.9. The zero-order valence-electron chi connectivity index (χ0n) is 9.19. The minimum atomic E-state index is -0.159. The van der Waals surface area contributed by atoms with E-state index in [1.165, 1.54) is 0 Å². The summed E-state index contributed by atoms with van der Waals surface area (Å²) >= 11 is 0. The molecule has 0 bridgehead atoms. The third-order valence-electron chi connectivity index (χ3n) is 3.34. The number of rotatable bonds is 3. The summed E-state index contributed by atoms with van der Waals surface area (Å²) in [6.07, 6.45) is 3.59. The van der Waals surface area contributed by atoms with Gasteiger partial charge in [-0.3, -0.25) is 9.69 Å². The van der Waals surface area contributed by atoms with Crippen LogP contribution in [0.15, 0.2) is 0 Å². The average Bonchev–Trinajstić information content (AvgIpc) is 2.61. The SMILES string of the molecule is O=C1CCCN1CCN1CCCC(O)C1. The van der Waals surface area contributed by atoms with Crippen LogP contribution in [0.4, 0.5) is 0 Å². The van der Waals surface area contributed by atoms with Crippen molar-refractivity contribution in [3.63, 3.8) is 0 Å². The van der Waals surface area contributed by atoms with E-state index in [-0.39, 0.29) is 6.10 Å². The predicted molar refractivity (Wildman–Crippen MR) is 57.5 cm³/mol. The highest BCUT2D eigenvalue weighted by Gasteiger charge is 2.22. The second kappa shape index (κ2) is 4.94. The van der Waals surface area contributed by atoms with E-state index in [1.807, 2.05) is 4.90 Å². The number of nitrogens with zero attached hydrogens (tertiary/aromatic N) is 2. The lowest BCUT2D eigenvalue weighted by atomic mass is 10.1. The Balaban J connectivity index is 1.70. The zero-order chi connectivity index (χ0) is 10.7. The van der Waals surface area contributed by atoms with Gasteiger partial charge in [0, 0.05) is 32.6 Å². The standard InChI is InChI=1S/C11H20N2O2/c14-10-3-1-5-12(9-10)7-8-13-6-2-4-11(13)15/h10,14H,1-9H2. The van der Waals surface area contributed by atoms with Gasteiger partial charge in [0.25, 0.3) is 0 Å². The Labute approximate surface area is 90.9 Å². The molecule has 1 unspecified atom stereocenters. The first-order valence-corrected chi connectivity index (χ1v) is 5.94. The molecule has 1 N–H and O–H groups in total. The number of hydrogen-bond acceptors (Lipinski definition) is 3. The van der Waals surface area contributed by atoms with Gasteiger partial charge >= 0.3 is 0 Å². The Bertz CT molecular complexity index is 233. The van der Waals surface area contributed by atoms with Crippen LogP contribution in [0.5, 0.6) is 0 Å². The smallest absolute Gasteiger partial charge is 0.222 e. The molecule has 2 fully saturated rings. The summed E-state index contributed by atoms with van der Waals surface area (Å²) in [5.41, 5.74) is 0. The second-order valence-electron chi connectivity index (χ2n) is 4.58. The molecule has 2 aliphatic rings. The first-order valence-electron chi connectivity index (χ1n) is 5.94. The van der Waals surface area contributed by atoms with Gasteiger partial charge in [-0.2, -0.15) is 0 Å². The molecule has 2 rings (SSSR count). The van der Waals surface area contributed by atoms with E-state index >= 15 is 0 Å². The summed E-state index contributed by atoms with van der Waals surface area (Å²) in [6, 6.07) is 0. The van der Waals surface area contributed by atoms with Gasteiger partial charge in [0.2, 0.25) is 5.91 Å². The zero-order valence-corrected chi connectivity index (χ0v) is 9.19. The van der Waals surface area contributed by atoms with Crippen molar-refractivity contribution in [3.05, 3.63) is 0 Å². The fourth-order valence-corrected chi connectivity index (χ4v) is 2.44. The molecule has 0 aromatic rings. The molecule has 0 saturated carbocycles. The van der Waals surface area contributed by atoms with E-state index in [1.54, 1.807) is 0 Å². The molecule has 0 radical (unpaired) electrons. The van der Waals surface area contributed by atoms with Gasteiger partial charge in [0.15, 0.2) is 0 Å². The Morgan fingerprint density at radius 2 is 2.13 bits per heavy atom. The van der Waals surface area contributed by atoms with Gasteiger partial charge in [-0.25, -0.2) is 0 Å². The van der Waals surface area contributed by atoms with Crippen LogP contribution in [0.1, 0.15) is 25.7 Å². The summed E-state index contributed by atoms with van der Waals surface area (Å²) < 4.78 is 0. The van der Waals surface area contributed by atoms with Gasteiger partial charge in [0.05, 0.1) is 6.10 Å². The highest BCUT2D eigenvalue weighted by molar-refractivity contribution is 5.78. The summed E-state index contributed by atoms with van der Waals surface area (Å²) in [4.78, 5) is 15.6. The number of likely N-dealkylation sites (tertiary alicyclic amines) is 2.